The van der Waals surface area contributed by atoms with Crippen molar-refractivity contribution in [2.24, 2.45) is 0 Å². The first-order chi connectivity index (χ1) is 15.1. The topological polar surface area (TPSA) is 60.4 Å². The molecule has 0 bridgehead atoms. The highest BCUT2D eigenvalue weighted by atomic mass is 19.1. The second-order valence-corrected chi connectivity index (χ2v) is 7.65. The number of benzene rings is 3. The first-order valence-electron chi connectivity index (χ1n) is 9.80. The van der Waals surface area contributed by atoms with E-state index in [-0.39, 0.29) is 39.8 Å². The van der Waals surface area contributed by atoms with Gasteiger partial charge in [0.05, 0.1) is 11.1 Å². The number of hydrogen-bond acceptors (Lipinski definition) is 4. The van der Waals surface area contributed by atoms with Crippen molar-refractivity contribution in [1.82, 2.24) is 0 Å². The van der Waals surface area contributed by atoms with Crippen LogP contribution in [0.5, 0.6) is 0 Å². The van der Waals surface area contributed by atoms with Crippen LogP contribution in [0.1, 0.15) is 48.1 Å². The van der Waals surface area contributed by atoms with Gasteiger partial charge < -0.3 is 4.74 Å². The molecule has 1 unspecified atom stereocenters. The van der Waals surface area contributed by atoms with Crippen LogP contribution in [-0.4, -0.2) is 17.3 Å². The van der Waals surface area contributed by atoms with E-state index in [1.54, 1.807) is 48.5 Å². The standard InChI is InChI=1S/C26H13FO4/c27-14-11-9-13(10-12-14)19-20-23(29)17-7-3-4-8-18(17)25(20)31-26-21(19)22(28)15-5-1-2-6-16(15)24(26)30/h1-12,19H. The molecule has 31 heavy (non-hydrogen) atoms. The Bertz CT molecular complexity index is 1410. The van der Waals surface area contributed by atoms with Gasteiger partial charge in [-0.3, -0.25) is 14.4 Å². The van der Waals surface area contributed by atoms with Gasteiger partial charge in [0.2, 0.25) is 5.78 Å². The predicted octanol–water partition coefficient (Wildman–Crippen LogP) is 4.88. The molecule has 148 valence electrons. The molecule has 2 aliphatic carbocycles. The lowest BCUT2D eigenvalue weighted by atomic mass is 9.74. The molecule has 4 nitrogen and oxygen atoms in total. The molecule has 0 saturated carbocycles. The van der Waals surface area contributed by atoms with Crippen LogP contribution >= 0.6 is 0 Å². The fourth-order valence-electron chi connectivity index (χ4n) is 4.61. The minimum absolute atomic E-state index is 0.0683. The van der Waals surface area contributed by atoms with E-state index in [0.717, 1.165) is 0 Å². The van der Waals surface area contributed by atoms with E-state index in [1.807, 2.05) is 0 Å². The summed E-state index contributed by atoms with van der Waals surface area (Å²) in [7, 11) is 0. The van der Waals surface area contributed by atoms with Crippen molar-refractivity contribution in [3.63, 3.8) is 0 Å². The van der Waals surface area contributed by atoms with E-state index in [9.17, 15) is 18.8 Å². The lowest BCUT2D eigenvalue weighted by Crippen LogP contribution is -2.31. The van der Waals surface area contributed by atoms with Crippen LogP contribution < -0.4 is 0 Å². The molecule has 0 amide bonds. The van der Waals surface area contributed by atoms with Gasteiger partial charge in [0.25, 0.3) is 0 Å². The molecule has 0 saturated heterocycles. The summed E-state index contributed by atoms with van der Waals surface area (Å²) in [6, 6.07) is 19.2. The van der Waals surface area contributed by atoms with Crippen LogP contribution in [0.15, 0.2) is 89.7 Å². The van der Waals surface area contributed by atoms with Crippen molar-refractivity contribution < 1.29 is 23.5 Å². The third-order valence-electron chi connectivity index (χ3n) is 6.00. The van der Waals surface area contributed by atoms with Crippen LogP contribution in [0, 0.1) is 5.82 Å². The molecule has 0 N–H and O–H groups in total. The van der Waals surface area contributed by atoms with Gasteiger partial charge in [-0.1, -0.05) is 60.7 Å². The summed E-state index contributed by atoms with van der Waals surface area (Å²) in [5, 5.41) is 0. The van der Waals surface area contributed by atoms with Crippen LogP contribution in [0.25, 0.3) is 5.76 Å². The molecule has 3 aromatic carbocycles. The van der Waals surface area contributed by atoms with E-state index in [4.69, 9.17) is 4.74 Å². The van der Waals surface area contributed by atoms with Gasteiger partial charge in [-0.15, -0.1) is 0 Å². The number of rotatable bonds is 1. The molecule has 0 radical (unpaired) electrons. The number of ketones is 3. The van der Waals surface area contributed by atoms with E-state index >= 15 is 0 Å². The predicted molar refractivity (Wildman–Crippen MR) is 110 cm³/mol. The molecule has 1 aliphatic heterocycles. The van der Waals surface area contributed by atoms with E-state index in [1.165, 1.54) is 24.3 Å². The summed E-state index contributed by atoms with van der Waals surface area (Å²) < 4.78 is 19.7. The highest BCUT2D eigenvalue weighted by molar-refractivity contribution is 6.30. The Balaban J connectivity index is 1.64. The molecule has 0 fully saturated rings. The fourth-order valence-corrected chi connectivity index (χ4v) is 4.61. The lowest BCUT2D eigenvalue weighted by molar-refractivity contribution is 0.0913. The summed E-state index contributed by atoms with van der Waals surface area (Å²) >= 11 is 0. The summed E-state index contributed by atoms with van der Waals surface area (Å²) in [4.78, 5) is 40.2. The van der Waals surface area contributed by atoms with Crippen molar-refractivity contribution in [2.75, 3.05) is 0 Å². The molecule has 0 aromatic heterocycles. The zero-order chi connectivity index (χ0) is 21.3. The maximum absolute atomic E-state index is 13.6. The zero-order valence-corrected chi connectivity index (χ0v) is 16.0. The number of Topliss-reactive ketones (excluding diaryl/α,β-unsaturated/α-hetero) is 3. The Labute approximate surface area is 176 Å². The number of halogens is 1. The number of carbonyl (C=O) groups is 3. The van der Waals surface area contributed by atoms with E-state index in [2.05, 4.69) is 0 Å². The van der Waals surface area contributed by atoms with Gasteiger partial charge in [-0.2, -0.15) is 0 Å². The molecule has 1 heterocycles. The summed E-state index contributed by atoms with van der Waals surface area (Å²) in [6.45, 7) is 0. The third-order valence-corrected chi connectivity index (χ3v) is 6.00. The van der Waals surface area contributed by atoms with E-state index < -0.39 is 17.5 Å². The Hall–Kier alpha value is -4.12. The summed E-state index contributed by atoms with van der Waals surface area (Å²) in [5.41, 5.74) is 2.55. The van der Waals surface area contributed by atoms with Gasteiger partial charge in [-0.05, 0) is 17.7 Å². The van der Waals surface area contributed by atoms with Crippen LogP contribution in [0.2, 0.25) is 0 Å². The van der Waals surface area contributed by atoms with Crippen LogP contribution in [0.4, 0.5) is 4.39 Å². The Kier molecular flexibility index (Phi) is 3.54. The Morgan fingerprint density at radius 1 is 0.581 bits per heavy atom. The summed E-state index contributed by atoms with van der Waals surface area (Å²) in [5.74, 6) is -2.07. The SMILES string of the molecule is O=C1C2=C(C(=O)c3ccccc31)C(c1ccc(F)cc1)C1=C(O2)c2ccccc2C1=O. The minimum Gasteiger partial charge on any atom is -0.452 e. The third kappa shape index (κ3) is 2.31. The first-order valence-corrected chi connectivity index (χ1v) is 9.80. The number of hydrogen-bond donors (Lipinski definition) is 0. The van der Waals surface area contributed by atoms with Crippen LogP contribution in [-0.2, 0) is 4.74 Å². The number of allylic oxidation sites excluding steroid dienone is 3. The zero-order valence-electron chi connectivity index (χ0n) is 16.0. The van der Waals surface area contributed by atoms with E-state index in [0.29, 0.717) is 22.3 Å². The monoisotopic (exact) mass is 408 g/mol. The van der Waals surface area contributed by atoms with Crippen molar-refractivity contribution in [1.29, 1.82) is 0 Å². The second kappa shape index (κ2) is 6.19. The van der Waals surface area contributed by atoms with Crippen molar-refractivity contribution in [3.8, 4) is 0 Å². The number of fused-ring (bicyclic) bond motifs is 3. The average molecular weight is 408 g/mol. The molecule has 0 spiro atoms. The maximum atomic E-state index is 13.6. The molecule has 3 aliphatic rings. The van der Waals surface area contributed by atoms with Crippen molar-refractivity contribution in [3.05, 3.63) is 123 Å². The normalized spacial score (nSPS) is 19.0. The lowest BCUT2D eigenvalue weighted by Gasteiger charge is -2.31. The Morgan fingerprint density at radius 3 is 1.68 bits per heavy atom. The van der Waals surface area contributed by atoms with Gasteiger partial charge >= 0.3 is 0 Å². The van der Waals surface area contributed by atoms with Gasteiger partial charge in [-0.25, -0.2) is 4.39 Å². The fraction of sp³-hybridized carbons (Fsp3) is 0.0385. The number of carbonyl (C=O) groups excluding carboxylic acids is 3. The largest absolute Gasteiger partial charge is 0.452 e. The second-order valence-electron chi connectivity index (χ2n) is 7.65. The highest BCUT2D eigenvalue weighted by Crippen LogP contribution is 2.51. The minimum atomic E-state index is -0.830. The molecule has 5 heteroatoms. The molecule has 6 rings (SSSR count). The van der Waals surface area contributed by atoms with Gasteiger partial charge in [0, 0.05) is 28.2 Å². The first kappa shape index (κ1) is 17.7. The molecule has 1 atom stereocenters. The van der Waals surface area contributed by atoms with Gasteiger partial charge in [0.1, 0.15) is 11.6 Å². The van der Waals surface area contributed by atoms with Crippen molar-refractivity contribution in [2.45, 2.75) is 5.92 Å². The van der Waals surface area contributed by atoms with Gasteiger partial charge in [0.15, 0.2) is 17.3 Å². The van der Waals surface area contributed by atoms with Crippen LogP contribution in [0.3, 0.4) is 0 Å². The number of ether oxygens (including phenoxy) is 1. The molecule has 3 aromatic rings. The smallest absolute Gasteiger partial charge is 0.229 e. The quantitative estimate of drug-likeness (QED) is 0.576. The summed E-state index contributed by atoms with van der Waals surface area (Å²) in [6.07, 6.45) is 0. The molecular weight excluding hydrogens is 395 g/mol. The Morgan fingerprint density at radius 2 is 1.06 bits per heavy atom. The van der Waals surface area contributed by atoms with Crippen molar-refractivity contribution >= 4 is 23.1 Å². The molecular formula is C26H13FO4. The average Bonchev–Trinajstić information content (AvgIpc) is 3.09. The highest BCUT2D eigenvalue weighted by Gasteiger charge is 2.48. The maximum Gasteiger partial charge on any atom is 0.229 e.